The van der Waals surface area contributed by atoms with E-state index >= 15 is 0 Å². The number of Topliss-reactive ketones (excluding diaryl/α,β-unsaturated/α-hetero) is 1. The van der Waals surface area contributed by atoms with Crippen LogP contribution in [0.15, 0.2) is 5.38 Å². The van der Waals surface area contributed by atoms with Gasteiger partial charge in [0.15, 0.2) is 5.78 Å². The summed E-state index contributed by atoms with van der Waals surface area (Å²) in [4.78, 5) is 10.9. The fraction of sp³-hybridized carbons (Fsp3) is 0.167. The second-order valence-electron chi connectivity index (χ2n) is 1.79. The molecule has 0 aliphatic carbocycles. The molecule has 0 N–H and O–H groups in total. The van der Waals surface area contributed by atoms with Gasteiger partial charge in [-0.15, -0.1) is 11.3 Å². The third kappa shape index (κ3) is 1.70. The molecule has 0 radical (unpaired) electrons. The van der Waals surface area contributed by atoms with Gasteiger partial charge in [0.25, 0.3) is 0 Å². The number of ketones is 1. The molecule has 0 saturated heterocycles. The zero-order chi connectivity index (χ0) is 7.72. The Kier molecular flexibility index (Phi) is 3.11. The maximum absolute atomic E-state index is 10.9. The zero-order valence-electron chi connectivity index (χ0n) is 5.15. The molecule has 0 aliphatic rings. The van der Waals surface area contributed by atoms with E-state index in [1.54, 1.807) is 18.3 Å². The Morgan fingerprint density at radius 1 is 1.60 bits per heavy atom. The largest absolute Gasteiger partial charge is 0.294 e. The van der Waals surface area contributed by atoms with Gasteiger partial charge in [0.1, 0.15) is 0 Å². The number of carbonyl (C=O) groups is 1. The van der Waals surface area contributed by atoms with E-state index in [0.717, 1.165) is 12.0 Å². The smallest absolute Gasteiger partial charge is 0.162 e. The van der Waals surface area contributed by atoms with Crippen LogP contribution in [0.25, 0.3) is 0 Å². The zero-order valence-corrected chi connectivity index (χ0v) is 10.3. The van der Waals surface area contributed by atoms with Crippen LogP contribution in [-0.2, 0) is 0 Å². The van der Waals surface area contributed by atoms with Crippen molar-refractivity contribution in [1.29, 1.82) is 0 Å². The quantitative estimate of drug-likeness (QED) is 0.542. The van der Waals surface area contributed by atoms with E-state index in [4.69, 9.17) is 0 Å². The summed E-state index contributed by atoms with van der Waals surface area (Å²) in [6.45, 7) is 1.60. The lowest BCUT2D eigenvalue weighted by Gasteiger charge is -1.90. The minimum Gasteiger partial charge on any atom is -0.294 e. The Labute approximate surface area is 90.5 Å². The minimum absolute atomic E-state index is 0.162. The molecule has 0 aromatic carbocycles. The first kappa shape index (κ1) is 8.92. The van der Waals surface area contributed by atoms with Gasteiger partial charge in [0, 0.05) is 8.95 Å². The van der Waals surface area contributed by atoms with Crippen LogP contribution in [0, 0.1) is 6.45 Å². The molecular weight excluding hydrogens is 374 g/mol. The van der Waals surface area contributed by atoms with Gasteiger partial charge in [0.05, 0.1) is 8.45 Å². The topological polar surface area (TPSA) is 17.1 Å². The molecule has 0 saturated carbocycles. The Morgan fingerprint density at radius 3 is 2.40 bits per heavy atom. The van der Waals surface area contributed by atoms with Gasteiger partial charge in [-0.05, 0) is 52.1 Å². The Morgan fingerprint density at radius 2 is 2.20 bits per heavy atom. The Bertz CT molecular complexity index is 247. The van der Waals surface area contributed by atoms with Crippen LogP contribution in [0.2, 0.25) is 0 Å². The lowest BCUT2D eigenvalue weighted by molar-refractivity contribution is 0.101. The van der Waals surface area contributed by atoms with Gasteiger partial charge in [-0.25, -0.2) is 0 Å². The van der Waals surface area contributed by atoms with Gasteiger partial charge in [0.2, 0.25) is 0 Å². The van der Waals surface area contributed by atoms with Crippen LogP contribution in [0.5, 0.6) is 0 Å². The molecule has 0 unspecified atom stereocenters. The van der Waals surface area contributed by atoms with Gasteiger partial charge < -0.3 is 0 Å². The number of hydrogen-bond acceptors (Lipinski definition) is 2. The van der Waals surface area contributed by atoms with Gasteiger partial charge in [-0.1, -0.05) is 0 Å². The number of rotatable bonds is 1. The van der Waals surface area contributed by atoms with Crippen molar-refractivity contribution in [3.05, 3.63) is 17.4 Å². The summed E-state index contributed by atoms with van der Waals surface area (Å²) >= 11 is 5.99. The molecule has 1 aromatic rings. The highest BCUT2D eigenvalue weighted by atomic mass is 127. The number of thiophene rings is 1. The number of hydrogen-bond donors (Lipinski definition) is 0. The van der Waals surface area contributed by atoms with Crippen LogP contribution < -0.4 is 0 Å². The lowest BCUT2D eigenvalue weighted by Crippen LogP contribution is -1.93. The van der Waals surface area contributed by atoms with Crippen molar-refractivity contribution in [3.8, 4) is 0 Å². The monoisotopic (exact) mass is 378 g/mol. The molecule has 0 spiro atoms. The summed E-state index contributed by atoms with van der Waals surface area (Å²) in [5.41, 5.74) is 0.881. The molecule has 1 nitrogen and oxygen atoms in total. The molecule has 1 rings (SSSR count). The molecule has 54 valence electrons. The standard InChI is InChI=1S/C6H4I2OS/c1-3(9)5-4(7)2-10-6(5)8/h2H,1H3. The molecule has 0 atom stereocenters. The highest BCUT2D eigenvalue weighted by molar-refractivity contribution is 14.1. The fourth-order valence-corrected chi connectivity index (χ4v) is 4.10. The summed E-state index contributed by atoms with van der Waals surface area (Å²) in [6.07, 6.45) is 0. The van der Waals surface area contributed by atoms with Crippen LogP contribution in [0.4, 0.5) is 0 Å². The van der Waals surface area contributed by atoms with Crippen LogP contribution in [-0.4, -0.2) is 5.78 Å². The maximum atomic E-state index is 10.9. The van der Waals surface area contributed by atoms with Gasteiger partial charge in [-0.2, -0.15) is 0 Å². The summed E-state index contributed by atoms with van der Waals surface area (Å²) in [5.74, 6) is 0.162. The third-order valence-electron chi connectivity index (χ3n) is 1.05. The molecule has 1 heterocycles. The fourth-order valence-electron chi connectivity index (χ4n) is 0.622. The first-order chi connectivity index (χ1) is 4.63. The predicted octanol–water partition coefficient (Wildman–Crippen LogP) is 3.16. The minimum atomic E-state index is 0.162. The number of carbonyl (C=O) groups excluding carboxylic acids is 1. The van der Waals surface area contributed by atoms with E-state index in [2.05, 4.69) is 45.2 Å². The van der Waals surface area contributed by atoms with E-state index in [1.807, 2.05) is 5.38 Å². The lowest BCUT2D eigenvalue weighted by atomic mass is 10.2. The highest BCUT2D eigenvalue weighted by Gasteiger charge is 2.10. The van der Waals surface area contributed by atoms with Crippen LogP contribution in [0.1, 0.15) is 17.3 Å². The summed E-state index contributed by atoms with van der Waals surface area (Å²) in [6, 6.07) is 0. The molecule has 0 fully saturated rings. The van der Waals surface area contributed by atoms with Crippen LogP contribution >= 0.6 is 56.5 Å². The molecular formula is C6H4I2OS. The first-order valence-electron chi connectivity index (χ1n) is 2.56. The van der Waals surface area contributed by atoms with Crippen molar-refractivity contribution in [2.45, 2.75) is 6.92 Å². The second-order valence-corrected chi connectivity index (χ2v) is 5.64. The van der Waals surface area contributed by atoms with E-state index in [1.165, 1.54) is 0 Å². The summed E-state index contributed by atoms with van der Waals surface area (Å²) < 4.78 is 2.16. The van der Waals surface area contributed by atoms with Gasteiger partial charge >= 0.3 is 0 Å². The predicted molar refractivity (Wildman–Crippen MR) is 59.8 cm³/mol. The highest BCUT2D eigenvalue weighted by Crippen LogP contribution is 2.25. The Hall–Kier alpha value is 0.830. The normalized spacial score (nSPS) is 9.90. The average Bonchev–Trinajstić information content (AvgIpc) is 2.11. The van der Waals surface area contributed by atoms with E-state index < -0.39 is 0 Å². The third-order valence-corrected chi connectivity index (χ3v) is 4.39. The molecule has 0 amide bonds. The van der Waals surface area contributed by atoms with Crippen molar-refractivity contribution in [3.63, 3.8) is 0 Å². The first-order valence-corrected chi connectivity index (χ1v) is 5.60. The Balaban J connectivity index is 3.23. The molecule has 0 aliphatic heterocycles. The van der Waals surface area contributed by atoms with E-state index in [0.29, 0.717) is 0 Å². The average molecular weight is 378 g/mol. The van der Waals surface area contributed by atoms with Crippen molar-refractivity contribution in [2.75, 3.05) is 0 Å². The van der Waals surface area contributed by atoms with Gasteiger partial charge in [-0.3, -0.25) is 4.79 Å². The van der Waals surface area contributed by atoms with Crippen molar-refractivity contribution < 1.29 is 4.79 Å². The molecule has 0 bridgehead atoms. The SMILES string of the molecule is CC(=O)c1c(I)csc1I. The maximum Gasteiger partial charge on any atom is 0.162 e. The van der Waals surface area contributed by atoms with Crippen molar-refractivity contribution in [2.24, 2.45) is 0 Å². The molecule has 10 heavy (non-hydrogen) atoms. The van der Waals surface area contributed by atoms with E-state index in [9.17, 15) is 4.79 Å². The number of halogens is 2. The molecule has 1 aromatic heterocycles. The summed E-state index contributed by atoms with van der Waals surface area (Å²) in [5, 5.41) is 2.00. The molecule has 4 heteroatoms. The van der Waals surface area contributed by atoms with Crippen LogP contribution in [0.3, 0.4) is 0 Å². The second kappa shape index (κ2) is 3.48. The van der Waals surface area contributed by atoms with Crippen molar-refractivity contribution >= 4 is 62.3 Å². The summed E-state index contributed by atoms with van der Waals surface area (Å²) in [7, 11) is 0. The van der Waals surface area contributed by atoms with Crippen molar-refractivity contribution in [1.82, 2.24) is 0 Å². The van der Waals surface area contributed by atoms with E-state index in [-0.39, 0.29) is 5.78 Å².